The third-order valence-electron chi connectivity index (χ3n) is 6.63. The summed E-state index contributed by atoms with van der Waals surface area (Å²) in [6, 6.07) is 14.1. The summed E-state index contributed by atoms with van der Waals surface area (Å²) >= 11 is 0. The number of rotatable bonds is 6. The number of nitrogens with one attached hydrogen (secondary N) is 2. The molecule has 0 atom stereocenters. The predicted octanol–water partition coefficient (Wildman–Crippen LogP) is 3.74. The lowest BCUT2D eigenvalue weighted by molar-refractivity contribution is -0.117. The number of likely N-dealkylation sites (tertiary alicyclic amines) is 1. The average Bonchev–Trinajstić information content (AvgIpc) is 3.32. The molecule has 170 valence electrons. The van der Waals surface area contributed by atoms with Crippen molar-refractivity contribution in [1.29, 1.82) is 0 Å². The zero-order valence-corrected chi connectivity index (χ0v) is 19.2. The number of nitrogens with zero attached hydrogens (tertiary/aromatic N) is 2. The van der Waals surface area contributed by atoms with Crippen LogP contribution < -0.4 is 15.5 Å². The number of hydrogen-bond acceptors (Lipinski definition) is 4. The van der Waals surface area contributed by atoms with E-state index in [1.807, 2.05) is 37.3 Å². The summed E-state index contributed by atoms with van der Waals surface area (Å²) in [5.74, 6) is 0.0107. The van der Waals surface area contributed by atoms with Gasteiger partial charge in [0.2, 0.25) is 5.91 Å². The first kappa shape index (κ1) is 22.3. The maximum Gasteiger partial charge on any atom is 0.251 e. The van der Waals surface area contributed by atoms with Gasteiger partial charge >= 0.3 is 0 Å². The normalized spacial score (nSPS) is 17.4. The quantitative estimate of drug-likeness (QED) is 0.727. The number of aryl methyl sites for hydroxylation is 2. The summed E-state index contributed by atoms with van der Waals surface area (Å²) in [5.41, 5.74) is 4.95. The Hall–Kier alpha value is -2.86. The molecule has 4 rings (SSSR count). The molecule has 0 unspecified atom stereocenters. The number of benzene rings is 2. The van der Waals surface area contributed by atoms with Crippen LogP contribution in [0.2, 0.25) is 0 Å². The molecule has 0 radical (unpaired) electrons. The average molecular weight is 435 g/mol. The van der Waals surface area contributed by atoms with Crippen LogP contribution in [0.5, 0.6) is 0 Å². The zero-order valence-electron chi connectivity index (χ0n) is 19.2. The second kappa shape index (κ2) is 10.2. The van der Waals surface area contributed by atoms with Crippen LogP contribution in [-0.2, 0) is 4.79 Å². The van der Waals surface area contributed by atoms with Gasteiger partial charge in [0.25, 0.3) is 5.91 Å². The van der Waals surface area contributed by atoms with E-state index in [-0.39, 0.29) is 17.9 Å². The number of carbonyl (C=O) groups is 2. The van der Waals surface area contributed by atoms with Crippen LogP contribution in [0.3, 0.4) is 0 Å². The van der Waals surface area contributed by atoms with Crippen molar-refractivity contribution in [3.05, 3.63) is 59.2 Å². The summed E-state index contributed by atoms with van der Waals surface area (Å²) in [4.78, 5) is 29.7. The Kier molecular flexibility index (Phi) is 7.10. The Morgan fingerprint density at radius 1 is 0.938 bits per heavy atom. The highest BCUT2D eigenvalue weighted by Gasteiger charge is 2.23. The fraction of sp³-hybridized carbons (Fsp3) is 0.462. The Morgan fingerprint density at radius 3 is 2.34 bits per heavy atom. The summed E-state index contributed by atoms with van der Waals surface area (Å²) in [6.45, 7) is 8.23. The highest BCUT2D eigenvalue weighted by atomic mass is 16.2. The molecule has 2 aliphatic heterocycles. The van der Waals surface area contributed by atoms with E-state index in [1.165, 1.54) is 18.5 Å². The fourth-order valence-corrected chi connectivity index (χ4v) is 4.68. The van der Waals surface area contributed by atoms with Crippen LogP contribution in [0.4, 0.5) is 11.4 Å². The summed E-state index contributed by atoms with van der Waals surface area (Å²) in [5, 5.41) is 6.23. The van der Waals surface area contributed by atoms with E-state index in [4.69, 9.17) is 0 Å². The van der Waals surface area contributed by atoms with Crippen molar-refractivity contribution in [3.63, 3.8) is 0 Å². The lowest BCUT2D eigenvalue weighted by atomic mass is 10.0. The number of hydrogen-bond donors (Lipinski definition) is 2. The highest BCUT2D eigenvalue weighted by Crippen LogP contribution is 2.25. The second-order valence-electron chi connectivity index (χ2n) is 9.08. The van der Waals surface area contributed by atoms with Gasteiger partial charge in [-0.25, -0.2) is 0 Å². The van der Waals surface area contributed by atoms with E-state index in [1.54, 1.807) is 0 Å². The Bertz CT molecular complexity index is 960. The standard InChI is InChI=1S/C26H34N4O2/c1-19-7-3-4-8-23(19)26(32)27-21-11-15-29(16-12-21)18-25(31)28-24-10-9-22(17-20(24)2)30-13-5-6-14-30/h3-4,7-10,17,21H,5-6,11-16,18H2,1-2H3,(H,27,32)(H,28,31). The Morgan fingerprint density at radius 2 is 1.66 bits per heavy atom. The largest absolute Gasteiger partial charge is 0.372 e. The van der Waals surface area contributed by atoms with Crippen molar-refractivity contribution >= 4 is 23.2 Å². The van der Waals surface area contributed by atoms with Crippen molar-refractivity contribution in [1.82, 2.24) is 10.2 Å². The van der Waals surface area contributed by atoms with Gasteiger partial charge in [-0.3, -0.25) is 14.5 Å². The van der Waals surface area contributed by atoms with E-state index in [0.717, 1.165) is 61.4 Å². The van der Waals surface area contributed by atoms with Crippen molar-refractivity contribution in [2.45, 2.75) is 45.6 Å². The van der Waals surface area contributed by atoms with Gasteiger partial charge in [0, 0.05) is 49.2 Å². The lowest BCUT2D eigenvalue weighted by Gasteiger charge is -2.32. The molecule has 2 aliphatic rings. The molecule has 2 N–H and O–H groups in total. The predicted molar refractivity (Wildman–Crippen MR) is 129 cm³/mol. The zero-order chi connectivity index (χ0) is 22.5. The molecule has 2 heterocycles. The molecule has 2 aromatic carbocycles. The molecule has 6 nitrogen and oxygen atoms in total. The van der Waals surface area contributed by atoms with E-state index < -0.39 is 0 Å². The summed E-state index contributed by atoms with van der Waals surface area (Å²) in [6.07, 6.45) is 4.22. The minimum Gasteiger partial charge on any atom is -0.372 e. The topological polar surface area (TPSA) is 64.7 Å². The molecule has 0 aromatic heterocycles. The van der Waals surface area contributed by atoms with Crippen LogP contribution in [0.15, 0.2) is 42.5 Å². The third-order valence-corrected chi connectivity index (χ3v) is 6.63. The lowest BCUT2D eigenvalue weighted by Crippen LogP contribution is -2.46. The molecule has 2 amide bonds. The summed E-state index contributed by atoms with van der Waals surface area (Å²) < 4.78 is 0. The molecule has 2 aromatic rings. The molecular formula is C26H34N4O2. The Balaban J connectivity index is 1.23. The van der Waals surface area contributed by atoms with Crippen LogP contribution in [-0.4, -0.2) is 55.5 Å². The van der Waals surface area contributed by atoms with E-state index in [2.05, 4.69) is 39.5 Å². The molecule has 2 fully saturated rings. The minimum absolute atomic E-state index is 0.00727. The first-order valence-corrected chi connectivity index (χ1v) is 11.7. The number of amides is 2. The maximum atomic E-state index is 12.6. The third kappa shape index (κ3) is 5.49. The van der Waals surface area contributed by atoms with Gasteiger partial charge in [0.15, 0.2) is 0 Å². The smallest absolute Gasteiger partial charge is 0.251 e. The van der Waals surface area contributed by atoms with Crippen molar-refractivity contribution in [2.75, 3.05) is 42.9 Å². The van der Waals surface area contributed by atoms with E-state index in [0.29, 0.717) is 6.54 Å². The first-order valence-electron chi connectivity index (χ1n) is 11.7. The SMILES string of the molecule is Cc1cc(N2CCCC2)ccc1NC(=O)CN1CCC(NC(=O)c2ccccc2C)CC1. The van der Waals surface area contributed by atoms with Crippen molar-refractivity contribution < 1.29 is 9.59 Å². The number of anilines is 2. The fourth-order valence-electron chi connectivity index (χ4n) is 4.68. The minimum atomic E-state index is -0.00727. The van der Waals surface area contributed by atoms with Gasteiger partial charge in [-0.15, -0.1) is 0 Å². The second-order valence-corrected chi connectivity index (χ2v) is 9.08. The maximum absolute atomic E-state index is 12.6. The molecule has 0 bridgehead atoms. The molecule has 0 aliphatic carbocycles. The van der Waals surface area contributed by atoms with Gasteiger partial charge < -0.3 is 15.5 Å². The van der Waals surface area contributed by atoms with Crippen LogP contribution in [0, 0.1) is 13.8 Å². The molecular weight excluding hydrogens is 400 g/mol. The van der Waals surface area contributed by atoms with E-state index >= 15 is 0 Å². The van der Waals surface area contributed by atoms with Gasteiger partial charge in [0.05, 0.1) is 6.54 Å². The van der Waals surface area contributed by atoms with Gasteiger partial charge in [0.1, 0.15) is 0 Å². The first-order chi connectivity index (χ1) is 15.5. The molecule has 0 saturated carbocycles. The van der Waals surface area contributed by atoms with Crippen molar-refractivity contribution in [2.24, 2.45) is 0 Å². The molecule has 2 saturated heterocycles. The van der Waals surface area contributed by atoms with Gasteiger partial charge in [-0.05, 0) is 74.9 Å². The van der Waals surface area contributed by atoms with Crippen molar-refractivity contribution in [3.8, 4) is 0 Å². The molecule has 6 heteroatoms. The Labute approximate surface area is 191 Å². The monoisotopic (exact) mass is 434 g/mol. The van der Waals surface area contributed by atoms with E-state index in [9.17, 15) is 9.59 Å². The van der Waals surface area contributed by atoms with Crippen LogP contribution in [0.25, 0.3) is 0 Å². The number of piperidine rings is 1. The van der Waals surface area contributed by atoms with Crippen LogP contribution in [0.1, 0.15) is 47.2 Å². The molecule has 32 heavy (non-hydrogen) atoms. The van der Waals surface area contributed by atoms with Crippen LogP contribution >= 0.6 is 0 Å². The summed E-state index contributed by atoms with van der Waals surface area (Å²) in [7, 11) is 0. The van der Waals surface area contributed by atoms with Gasteiger partial charge in [-0.2, -0.15) is 0 Å². The highest BCUT2D eigenvalue weighted by molar-refractivity contribution is 5.95. The number of carbonyl (C=O) groups excluding carboxylic acids is 2. The van der Waals surface area contributed by atoms with Gasteiger partial charge in [-0.1, -0.05) is 18.2 Å². The molecule has 0 spiro atoms.